The minimum absolute atomic E-state index is 0.0334. The third-order valence-electron chi connectivity index (χ3n) is 4.84. The summed E-state index contributed by atoms with van der Waals surface area (Å²) in [6.07, 6.45) is 2.78. The maximum atomic E-state index is 12.2. The number of ketones is 1. The molecule has 3 rings (SSSR count). The van der Waals surface area contributed by atoms with E-state index in [4.69, 9.17) is 4.74 Å². The molecule has 144 valence electrons. The maximum absolute atomic E-state index is 12.2. The van der Waals surface area contributed by atoms with E-state index in [2.05, 4.69) is 30.2 Å². The molecule has 0 atom stereocenters. The van der Waals surface area contributed by atoms with E-state index in [-0.39, 0.29) is 30.1 Å². The number of carbonyl (C=O) groups excluding carboxylic acids is 2. The maximum Gasteiger partial charge on any atom is 0.262 e. The minimum Gasteiger partial charge on any atom is -0.467 e. The fourth-order valence-electron chi connectivity index (χ4n) is 3.48. The Morgan fingerprint density at radius 1 is 1.21 bits per heavy atom. The van der Waals surface area contributed by atoms with E-state index in [9.17, 15) is 14.9 Å². The molecule has 1 aromatic carbocycles. The van der Waals surface area contributed by atoms with Crippen molar-refractivity contribution in [3.8, 4) is 11.9 Å². The fourth-order valence-corrected chi connectivity index (χ4v) is 3.48. The molecule has 1 aliphatic rings. The first kappa shape index (κ1) is 19.6. The van der Waals surface area contributed by atoms with Crippen LogP contribution in [0.1, 0.15) is 65.9 Å². The van der Waals surface area contributed by atoms with Crippen molar-refractivity contribution in [1.29, 1.82) is 5.26 Å². The van der Waals surface area contributed by atoms with E-state index < -0.39 is 0 Å². The summed E-state index contributed by atoms with van der Waals surface area (Å²) in [5.41, 5.74) is 4.71. The summed E-state index contributed by atoms with van der Waals surface area (Å²) in [6.45, 7) is 5.37. The lowest BCUT2D eigenvalue weighted by Gasteiger charge is -2.16. The molecule has 0 bridgehead atoms. The molecule has 0 fully saturated rings. The number of hydrogen-bond donors (Lipinski definition) is 1. The van der Waals surface area contributed by atoms with Gasteiger partial charge < -0.3 is 10.1 Å². The third-order valence-corrected chi connectivity index (χ3v) is 4.84. The number of nitriles is 1. The molecule has 1 heterocycles. The molecular weight excluding hydrogens is 354 g/mol. The van der Waals surface area contributed by atoms with Crippen molar-refractivity contribution in [2.75, 3.05) is 11.9 Å². The average Bonchev–Trinajstić information content (AvgIpc) is 3.15. The Labute approximate surface area is 164 Å². The zero-order valence-corrected chi connectivity index (χ0v) is 16.3. The van der Waals surface area contributed by atoms with Gasteiger partial charge in [0.1, 0.15) is 11.6 Å². The second-order valence-electron chi connectivity index (χ2n) is 7.22. The number of hydrogen-bond acceptors (Lipinski definition) is 5. The van der Waals surface area contributed by atoms with Gasteiger partial charge in [0.25, 0.3) is 5.91 Å². The molecule has 6 heteroatoms. The number of amides is 1. The number of carbonyl (C=O) groups is 2. The second kappa shape index (κ2) is 8.22. The Hall–Kier alpha value is -3.20. The number of rotatable bonds is 6. The van der Waals surface area contributed by atoms with Gasteiger partial charge in [-0.2, -0.15) is 5.26 Å². The Kier molecular flexibility index (Phi) is 5.74. The number of nitrogens with one attached hydrogen (secondary N) is 1. The smallest absolute Gasteiger partial charge is 0.262 e. The molecule has 1 N–H and O–H groups in total. The van der Waals surface area contributed by atoms with Crippen LogP contribution in [0.5, 0.6) is 5.88 Å². The molecule has 1 aliphatic carbocycles. The van der Waals surface area contributed by atoms with Gasteiger partial charge in [-0.3, -0.25) is 9.59 Å². The van der Waals surface area contributed by atoms with Gasteiger partial charge in [0, 0.05) is 11.3 Å². The van der Waals surface area contributed by atoms with Gasteiger partial charge >= 0.3 is 0 Å². The summed E-state index contributed by atoms with van der Waals surface area (Å²) in [6, 6.07) is 8.85. The average molecular weight is 377 g/mol. The first-order valence-corrected chi connectivity index (χ1v) is 9.40. The predicted octanol–water partition coefficient (Wildman–Crippen LogP) is 3.79. The molecule has 2 aromatic rings. The Balaban J connectivity index is 1.73. The Morgan fingerprint density at radius 3 is 2.50 bits per heavy atom. The van der Waals surface area contributed by atoms with Crippen molar-refractivity contribution in [2.45, 2.75) is 46.0 Å². The van der Waals surface area contributed by atoms with Crippen LogP contribution in [0.2, 0.25) is 0 Å². The van der Waals surface area contributed by atoms with Gasteiger partial charge in [0.2, 0.25) is 5.88 Å². The Morgan fingerprint density at radius 2 is 1.89 bits per heavy atom. The van der Waals surface area contributed by atoms with E-state index in [1.165, 1.54) is 6.92 Å². The van der Waals surface area contributed by atoms with E-state index in [1.807, 2.05) is 0 Å². The standard InChI is InChI=1S/C22H23N3O3/c1-13(2)21-18-6-4-5-17(18)19(11-23)22(25-21)28-12-20(27)24-16-9-7-15(8-10-16)14(3)26/h7-10,13H,4-6,12H2,1-3H3,(H,24,27). The van der Waals surface area contributed by atoms with E-state index in [0.29, 0.717) is 16.8 Å². The van der Waals surface area contributed by atoms with Crippen LogP contribution >= 0.6 is 0 Å². The van der Waals surface area contributed by atoms with Crippen LogP contribution < -0.4 is 10.1 Å². The normalized spacial score (nSPS) is 12.4. The summed E-state index contributed by atoms with van der Waals surface area (Å²) in [4.78, 5) is 28.1. The number of Topliss-reactive ketones (excluding diaryl/α,β-unsaturated/α-hetero) is 1. The molecule has 28 heavy (non-hydrogen) atoms. The molecule has 6 nitrogen and oxygen atoms in total. The van der Waals surface area contributed by atoms with Crippen LogP contribution in [0.25, 0.3) is 0 Å². The summed E-state index contributed by atoms with van der Waals surface area (Å²) in [5.74, 6) is 0.0613. The van der Waals surface area contributed by atoms with Gasteiger partial charge in [-0.15, -0.1) is 0 Å². The topological polar surface area (TPSA) is 92.1 Å². The highest BCUT2D eigenvalue weighted by atomic mass is 16.5. The molecule has 1 amide bonds. The number of aromatic nitrogens is 1. The van der Waals surface area contributed by atoms with Crippen molar-refractivity contribution < 1.29 is 14.3 Å². The van der Waals surface area contributed by atoms with Crippen LogP contribution in [0.4, 0.5) is 5.69 Å². The number of anilines is 1. The minimum atomic E-state index is -0.354. The van der Waals surface area contributed by atoms with Gasteiger partial charge in [-0.05, 0) is 67.5 Å². The largest absolute Gasteiger partial charge is 0.467 e. The van der Waals surface area contributed by atoms with Crippen molar-refractivity contribution in [1.82, 2.24) is 4.98 Å². The van der Waals surface area contributed by atoms with Crippen LogP contribution in [0, 0.1) is 11.3 Å². The summed E-state index contributed by atoms with van der Waals surface area (Å²) < 4.78 is 5.64. The highest BCUT2D eigenvalue weighted by Gasteiger charge is 2.25. The lowest BCUT2D eigenvalue weighted by Crippen LogP contribution is -2.21. The quantitative estimate of drug-likeness (QED) is 0.773. The predicted molar refractivity (Wildman–Crippen MR) is 106 cm³/mol. The third kappa shape index (κ3) is 4.04. The highest BCUT2D eigenvalue weighted by Crippen LogP contribution is 2.35. The highest BCUT2D eigenvalue weighted by molar-refractivity contribution is 5.95. The van der Waals surface area contributed by atoms with Gasteiger partial charge in [0.15, 0.2) is 12.4 Å². The lowest BCUT2D eigenvalue weighted by atomic mass is 9.98. The first-order valence-electron chi connectivity index (χ1n) is 9.40. The SMILES string of the molecule is CC(=O)c1ccc(NC(=O)COc2nc(C(C)C)c3c(c2C#N)CCC3)cc1. The number of benzene rings is 1. The Bertz CT molecular complexity index is 956. The molecule has 0 aliphatic heterocycles. The summed E-state index contributed by atoms with van der Waals surface area (Å²) in [5, 5.41) is 12.3. The first-order chi connectivity index (χ1) is 13.4. The van der Waals surface area contributed by atoms with Gasteiger partial charge in [-0.1, -0.05) is 13.8 Å². The van der Waals surface area contributed by atoms with E-state index >= 15 is 0 Å². The number of pyridine rings is 1. The van der Waals surface area contributed by atoms with Crippen molar-refractivity contribution in [3.05, 3.63) is 52.2 Å². The number of nitrogens with zero attached hydrogens (tertiary/aromatic N) is 2. The summed E-state index contributed by atoms with van der Waals surface area (Å²) >= 11 is 0. The van der Waals surface area contributed by atoms with Gasteiger partial charge in [-0.25, -0.2) is 4.98 Å². The molecular formula is C22H23N3O3. The molecule has 0 radical (unpaired) electrons. The van der Waals surface area contributed by atoms with Crippen LogP contribution in [-0.2, 0) is 17.6 Å². The van der Waals surface area contributed by atoms with E-state index in [1.54, 1.807) is 24.3 Å². The monoisotopic (exact) mass is 377 g/mol. The fraction of sp³-hybridized carbons (Fsp3) is 0.364. The van der Waals surface area contributed by atoms with Crippen molar-refractivity contribution in [3.63, 3.8) is 0 Å². The number of fused-ring (bicyclic) bond motifs is 1. The van der Waals surface area contributed by atoms with Gasteiger partial charge in [0.05, 0.1) is 5.69 Å². The van der Waals surface area contributed by atoms with Crippen LogP contribution in [0.3, 0.4) is 0 Å². The number of ether oxygens (including phenoxy) is 1. The lowest BCUT2D eigenvalue weighted by molar-refractivity contribution is -0.118. The summed E-state index contributed by atoms with van der Waals surface area (Å²) in [7, 11) is 0. The van der Waals surface area contributed by atoms with Crippen LogP contribution in [-0.4, -0.2) is 23.3 Å². The zero-order valence-electron chi connectivity index (χ0n) is 16.3. The molecule has 0 unspecified atom stereocenters. The molecule has 0 saturated heterocycles. The van der Waals surface area contributed by atoms with Crippen molar-refractivity contribution in [2.24, 2.45) is 0 Å². The molecule has 0 saturated carbocycles. The molecule has 1 aromatic heterocycles. The van der Waals surface area contributed by atoms with Crippen LogP contribution in [0.15, 0.2) is 24.3 Å². The second-order valence-corrected chi connectivity index (χ2v) is 7.22. The molecule has 0 spiro atoms. The zero-order chi connectivity index (χ0) is 20.3. The van der Waals surface area contributed by atoms with Crippen molar-refractivity contribution >= 4 is 17.4 Å². The van der Waals surface area contributed by atoms with E-state index in [0.717, 1.165) is 36.1 Å².